The molecule has 1 aliphatic carbocycles. The Labute approximate surface area is 121 Å². The van der Waals surface area contributed by atoms with Crippen LogP contribution in [0.25, 0.3) is 11.4 Å². The summed E-state index contributed by atoms with van der Waals surface area (Å²) in [7, 11) is 1.74. The molecule has 0 saturated heterocycles. The number of tetrazole rings is 1. The predicted octanol–water partition coefficient (Wildman–Crippen LogP) is 2.32. The molecule has 2 unspecified atom stereocenters. The van der Waals surface area contributed by atoms with Gasteiger partial charge in [-0.1, -0.05) is 11.6 Å². The van der Waals surface area contributed by atoms with Crippen LogP contribution in [-0.2, 0) is 4.74 Å². The van der Waals surface area contributed by atoms with Gasteiger partial charge in [0.05, 0.1) is 17.2 Å². The molecule has 1 heterocycles. The fraction of sp³-hybridized carbons (Fsp3) is 0.462. The zero-order valence-corrected chi connectivity index (χ0v) is 11.9. The molecule has 2 aromatic rings. The number of nitrogens with two attached hydrogens (primary N) is 1. The van der Waals surface area contributed by atoms with Crippen LogP contribution >= 0.6 is 11.6 Å². The van der Waals surface area contributed by atoms with E-state index < -0.39 is 0 Å². The molecule has 0 radical (unpaired) electrons. The van der Waals surface area contributed by atoms with Crippen molar-refractivity contribution in [3.8, 4) is 11.4 Å². The molecule has 0 bridgehead atoms. The number of hydrogen-bond acceptors (Lipinski definition) is 5. The molecule has 2 N–H and O–H groups in total. The van der Waals surface area contributed by atoms with Crippen LogP contribution in [-0.4, -0.2) is 33.4 Å². The van der Waals surface area contributed by atoms with Gasteiger partial charge < -0.3 is 10.5 Å². The second kappa shape index (κ2) is 5.38. The van der Waals surface area contributed by atoms with E-state index in [1.807, 2.05) is 10.7 Å². The summed E-state index contributed by atoms with van der Waals surface area (Å²) < 4.78 is 7.24. The van der Waals surface area contributed by atoms with Crippen LogP contribution in [0.3, 0.4) is 0 Å². The molecular formula is C13H16ClN5O. The van der Waals surface area contributed by atoms with E-state index in [0.29, 0.717) is 16.5 Å². The summed E-state index contributed by atoms with van der Waals surface area (Å²) in [6, 6.07) is 5.61. The molecule has 1 fully saturated rings. The Morgan fingerprint density at radius 2 is 2.25 bits per heavy atom. The summed E-state index contributed by atoms with van der Waals surface area (Å²) in [6.45, 7) is 0. The third-order valence-corrected chi connectivity index (χ3v) is 4.08. The molecule has 0 amide bonds. The van der Waals surface area contributed by atoms with E-state index in [1.165, 1.54) is 0 Å². The summed E-state index contributed by atoms with van der Waals surface area (Å²) in [5.41, 5.74) is 7.14. The number of benzene rings is 1. The highest BCUT2D eigenvalue weighted by atomic mass is 35.5. The largest absolute Gasteiger partial charge is 0.399 e. The minimum absolute atomic E-state index is 0.249. The highest BCUT2D eigenvalue weighted by Gasteiger charge is 2.29. The Hall–Kier alpha value is -1.66. The lowest BCUT2D eigenvalue weighted by Crippen LogP contribution is -2.12. The molecule has 106 valence electrons. The fourth-order valence-electron chi connectivity index (χ4n) is 2.68. The van der Waals surface area contributed by atoms with Gasteiger partial charge in [0.2, 0.25) is 0 Å². The van der Waals surface area contributed by atoms with Gasteiger partial charge in [-0.3, -0.25) is 0 Å². The van der Waals surface area contributed by atoms with Gasteiger partial charge in [0.25, 0.3) is 0 Å². The van der Waals surface area contributed by atoms with Gasteiger partial charge in [0, 0.05) is 18.4 Å². The van der Waals surface area contributed by atoms with Crippen molar-refractivity contribution in [1.29, 1.82) is 0 Å². The van der Waals surface area contributed by atoms with Gasteiger partial charge in [0.15, 0.2) is 5.82 Å². The summed E-state index contributed by atoms with van der Waals surface area (Å²) in [4.78, 5) is 0. The van der Waals surface area contributed by atoms with E-state index >= 15 is 0 Å². The van der Waals surface area contributed by atoms with Crippen LogP contribution < -0.4 is 5.73 Å². The van der Waals surface area contributed by atoms with Crippen molar-refractivity contribution < 1.29 is 4.74 Å². The molecule has 7 heteroatoms. The van der Waals surface area contributed by atoms with Gasteiger partial charge in [-0.2, -0.15) is 0 Å². The van der Waals surface area contributed by atoms with Crippen LogP contribution in [0.1, 0.15) is 25.3 Å². The number of rotatable bonds is 3. The maximum atomic E-state index is 6.24. The standard InChI is InChI=1S/C13H16ClN5O/c1-20-10-4-3-9(7-10)19-13(16-17-18-19)11-5-2-8(15)6-12(11)14/h2,5-6,9-10H,3-4,7,15H2,1H3. The molecule has 0 aliphatic heterocycles. The third-order valence-electron chi connectivity index (χ3n) is 3.76. The lowest BCUT2D eigenvalue weighted by atomic mass is 10.1. The third kappa shape index (κ3) is 2.36. The monoisotopic (exact) mass is 293 g/mol. The summed E-state index contributed by atoms with van der Waals surface area (Å²) in [5, 5.41) is 12.6. The van der Waals surface area contributed by atoms with Crippen LogP contribution in [0.2, 0.25) is 5.02 Å². The summed E-state index contributed by atoms with van der Waals surface area (Å²) in [5.74, 6) is 0.678. The van der Waals surface area contributed by atoms with Crippen molar-refractivity contribution >= 4 is 17.3 Å². The second-order valence-corrected chi connectivity index (χ2v) is 5.42. The quantitative estimate of drug-likeness (QED) is 0.879. The summed E-state index contributed by atoms with van der Waals surface area (Å²) in [6.07, 6.45) is 3.22. The zero-order valence-electron chi connectivity index (χ0n) is 11.2. The highest BCUT2D eigenvalue weighted by Crippen LogP contribution is 2.35. The molecule has 1 aliphatic rings. The highest BCUT2D eigenvalue weighted by molar-refractivity contribution is 6.33. The van der Waals surface area contributed by atoms with Gasteiger partial charge in [-0.05, 0) is 47.9 Å². The van der Waals surface area contributed by atoms with Crippen LogP contribution in [0, 0.1) is 0 Å². The molecular weight excluding hydrogens is 278 g/mol. The van der Waals surface area contributed by atoms with E-state index in [1.54, 1.807) is 19.2 Å². The van der Waals surface area contributed by atoms with Crippen LogP contribution in [0.4, 0.5) is 5.69 Å². The Morgan fingerprint density at radius 1 is 1.40 bits per heavy atom. The summed E-state index contributed by atoms with van der Waals surface area (Å²) >= 11 is 6.24. The molecule has 6 nitrogen and oxygen atoms in total. The second-order valence-electron chi connectivity index (χ2n) is 5.01. The number of halogens is 1. The predicted molar refractivity (Wildman–Crippen MR) is 76.4 cm³/mol. The average molecular weight is 294 g/mol. The molecule has 3 rings (SSSR count). The number of methoxy groups -OCH3 is 1. The minimum Gasteiger partial charge on any atom is -0.399 e. The topological polar surface area (TPSA) is 78.8 Å². The normalized spacial score (nSPS) is 22.3. The van der Waals surface area contributed by atoms with Gasteiger partial charge >= 0.3 is 0 Å². The first-order valence-corrected chi connectivity index (χ1v) is 6.93. The number of nitrogens with zero attached hydrogens (tertiary/aromatic N) is 4. The van der Waals surface area contributed by atoms with E-state index in [9.17, 15) is 0 Å². The average Bonchev–Trinajstić information content (AvgIpc) is 3.06. The maximum absolute atomic E-state index is 6.24. The number of hydrogen-bond donors (Lipinski definition) is 1. The van der Waals surface area contributed by atoms with E-state index in [2.05, 4.69) is 15.5 Å². The lowest BCUT2D eigenvalue weighted by molar-refractivity contribution is 0.105. The zero-order chi connectivity index (χ0) is 14.1. The molecule has 1 saturated carbocycles. The van der Waals surface area contributed by atoms with Crippen molar-refractivity contribution in [1.82, 2.24) is 20.2 Å². The smallest absolute Gasteiger partial charge is 0.183 e. The van der Waals surface area contributed by atoms with Crippen LogP contribution in [0.15, 0.2) is 18.2 Å². The van der Waals surface area contributed by atoms with Gasteiger partial charge in [-0.15, -0.1) is 5.10 Å². The molecule has 1 aromatic carbocycles. The number of anilines is 1. The first-order chi connectivity index (χ1) is 9.69. The molecule has 20 heavy (non-hydrogen) atoms. The molecule has 1 aromatic heterocycles. The Balaban J connectivity index is 1.94. The first kappa shape index (κ1) is 13.3. The van der Waals surface area contributed by atoms with Crippen LogP contribution in [0.5, 0.6) is 0 Å². The van der Waals surface area contributed by atoms with Crippen molar-refractivity contribution in [2.75, 3.05) is 12.8 Å². The van der Waals surface area contributed by atoms with Crippen molar-refractivity contribution in [2.24, 2.45) is 0 Å². The Bertz CT molecular complexity index is 615. The van der Waals surface area contributed by atoms with Crippen molar-refractivity contribution in [3.05, 3.63) is 23.2 Å². The van der Waals surface area contributed by atoms with E-state index in [4.69, 9.17) is 22.1 Å². The molecule has 0 spiro atoms. The molecule has 2 atom stereocenters. The van der Waals surface area contributed by atoms with Crippen molar-refractivity contribution in [3.63, 3.8) is 0 Å². The number of ether oxygens (including phenoxy) is 1. The van der Waals surface area contributed by atoms with Gasteiger partial charge in [-0.25, -0.2) is 4.68 Å². The Morgan fingerprint density at radius 3 is 2.95 bits per heavy atom. The first-order valence-electron chi connectivity index (χ1n) is 6.55. The van der Waals surface area contributed by atoms with E-state index in [0.717, 1.165) is 24.8 Å². The lowest BCUT2D eigenvalue weighted by Gasteiger charge is -2.13. The fourth-order valence-corrected chi connectivity index (χ4v) is 2.96. The maximum Gasteiger partial charge on any atom is 0.183 e. The minimum atomic E-state index is 0.249. The van der Waals surface area contributed by atoms with Crippen molar-refractivity contribution in [2.45, 2.75) is 31.4 Å². The SMILES string of the molecule is COC1CCC(n2nnnc2-c2ccc(N)cc2Cl)C1. The van der Waals surface area contributed by atoms with Gasteiger partial charge in [0.1, 0.15) is 0 Å². The Kier molecular flexibility index (Phi) is 3.58. The van der Waals surface area contributed by atoms with E-state index in [-0.39, 0.29) is 12.1 Å². The number of nitrogen functional groups attached to an aromatic ring is 1. The number of aromatic nitrogens is 4.